The molecule has 0 aromatic rings. The molecule has 0 amide bonds. The number of rotatable bonds is 0. The molecule has 54 valence electrons. The highest BCUT2D eigenvalue weighted by molar-refractivity contribution is 8.02. The van der Waals surface area contributed by atoms with Crippen LogP contribution in [0.4, 0.5) is 0 Å². The molecule has 0 bridgehead atoms. The van der Waals surface area contributed by atoms with Crippen molar-refractivity contribution < 1.29 is 0 Å². The van der Waals surface area contributed by atoms with Gasteiger partial charge >= 0.3 is 0 Å². The standard InChI is InChI=1S/C7H14S2/c1-2-4-8-6-7-9-5-3-1/h1-7H2. The molecule has 2 heteroatoms. The van der Waals surface area contributed by atoms with E-state index in [2.05, 4.69) is 23.5 Å². The second kappa shape index (κ2) is 5.48. The predicted octanol–water partition coefficient (Wildman–Crippen LogP) is 2.64. The Kier molecular flexibility index (Phi) is 4.75. The average Bonchev–Trinajstić information content (AvgIpc) is 2.00. The summed E-state index contributed by atoms with van der Waals surface area (Å²) in [7, 11) is 0. The maximum atomic E-state index is 2.12. The third kappa shape index (κ3) is 4.15. The summed E-state index contributed by atoms with van der Waals surface area (Å²) >= 11 is 4.24. The molecule has 1 saturated heterocycles. The molecule has 1 fully saturated rings. The number of hydrogen-bond acceptors (Lipinski definition) is 2. The van der Waals surface area contributed by atoms with Gasteiger partial charge in [0.25, 0.3) is 0 Å². The maximum absolute atomic E-state index is 2.12. The van der Waals surface area contributed by atoms with Crippen LogP contribution < -0.4 is 0 Å². The number of hydrogen-bond donors (Lipinski definition) is 0. The van der Waals surface area contributed by atoms with Crippen LogP contribution in [0.15, 0.2) is 0 Å². The quantitative estimate of drug-likeness (QED) is 0.537. The van der Waals surface area contributed by atoms with Gasteiger partial charge in [-0.15, -0.1) is 0 Å². The first-order chi connectivity index (χ1) is 4.50. The zero-order valence-corrected chi connectivity index (χ0v) is 7.40. The van der Waals surface area contributed by atoms with Crippen LogP contribution >= 0.6 is 23.5 Å². The van der Waals surface area contributed by atoms with E-state index in [1.807, 2.05) is 0 Å². The summed E-state index contributed by atoms with van der Waals surface area (Å²) in [6, 6.07) is 0. The zero-order chi connectivity index (χ0) is 6.36. The summed E-state index contributed by atoms with van der Waals surface area (Å²) in [5.74, 6) is 5.57. The Labute approximate surface area is 66.2 Å². The van der Waals surface area contributed by atoms with Crippen molar-refractivity contribution in [3.63, 3.8) is 0 Å². The fourth-order valence-corrected chi connectivity index (χ4v) is 3.07. The Hall–Kier alpha value is 0.700. The molecule has 1 heterocycles. The summed E-state index contributed by atoms with van der Waals surface area (Å²) in [6.07, 6.45) is 4.36. The van der Waals surface area contributed by atoms with Gasteiger partial charge in [-0.05, 0) is 24.3 Å². The minimum atomic E-state index is 1.38. The third-order valence-electron chi connectivity index (χ3n) is 1.45. The van der Waals surface area contributed by atoms with Crippen LogP contribution in [0.1, 0.15) is 19.3 Å². The van der Waals surface area contributed by atoms with E-state index in [1.54, 1.807) is 0 Å². The van der Waals surface area contributed by atoms with Crippen molar-refractivity contribution >= 4 is 23.5 Å². The predicted molar refractivity (Wildman–Crippen MR) is 48.5 cm³/mol. The monoisotopic (exact) mass is 162 g/mol. The van der Waals surface area contributed by atoms with Gasteiger partial charge in [-0.25, -0.2) is 0 Å². The lowest BCUT2D eigenvalue weighted by Gasteiger charge is -1.94. The van der Waals surface area contributed by atoms with E-state index in [0.717, 1.165) is 0 Å². The Morgan fingerprint density at radius 2 is 1.11 bits per heavy atom. The Balaban J connectivity index is 2.02. The summed E-state index contributed by atoms with van der Waals surface area (Å²) in [5.41, 5.74) is 0. The van der Waals surface area contributed by atoms with E-state index >= 15 is 0 Å². The molecule has 0 aliphatic carbocycles. The van der Waals surface area contributed by atoms with E-state index in [9.17, 15) is 0 Å². The second-order valence-electron chi connectivity index (χ2n) is 2.29. The first-order valence-electron chi connectivity index (χ1n) is 3.65. The lowest BCUT2D eigenvalue weighted by atomic mass is 10.3. The Morgan fingerprint density at radius 1 is 0.556 bits per heavy atom. The molecule has 0 spiro atoms. The molecule has 0 N–H and O–H groups in total. The molecule has 0 aromatic heterocycles. The Bertz CT molecular complexity index is 35.4. The van der Waals surface area contributed by atoms with Crippen LogP contribution in [0.2, 0.25) is 0 Å². The summed E-state index contributed by atoms with van der Waals surface area (Å²) in [5, 5.41) is 0. The molecule has 0 radical (unpaired) electrons. The van der Waals surface area contributed by atoms with Gasteiger partial charge in [-0.3, -0.25) is 0 Å². The van der Waals surface area contributed by atoms with Gasteiger partial charge in [0.1, 0.15) is 0 Å². The summed E-state index contributed by atoms with van der Waals surface area (Å²) < 4.78 is 0. The van der Waals surface area contributed by atoms with Crippen molar-refractivity contribution in [3.8, 4) is 0 Å². The first-order valence-corrected chi connectivity index (χ1v) is 5.96. The van der Waals surface area contributed by atoms with Gasteiger partial charge in [0, 0.05) is 11.5 Å². The van der Waals surface area contributed by atoms with E-state index < -0.39 is 0 Å². The van der Waals surface area contributed by atoms with Crippen LogP contribution in [0.3, 0.4) is 0 Å². The topological polar surface area (TPSA) is 0 Å². The smallest absolute Gasteiger partial charge is 0.00235 e. The Morgan fingerprint density at radius 3 is 1.67 bits per heavy atom. The molecule has 9 heavy (non-hydrogen) atoms. The minimum absolute atomic E-state index is 1.38. The van der Waals surface area contributed by atoms with Crippen molar-refractivity contribution in [2.75, 3.05) is 23.0 Å². The molecule has 1 aliphatic rings. The lowest BCUT2D eigenvalue weighted by Crippen LogP contribution is -1.83. The van der Waals surface area contributed by atoms with E-state index in [-0.39, 0.29) is 0 Å². The van der Waals surface area contributed by atoms with Crippen LogP contribution in [0, 0.1) is 0 Å². The van der Waals surface area contributed by atoms with Crippen LogP contribution in [0.5, 0.6) is 0 Å². The minimum Gasteiger partial charge on any atom is -0.161 e. The van der Waals surface area contributed by atoms with Crippen molar-refractivity contribution in [2.24, 2.45) is 0 Å². The average molecular weight is 162 g/mol. The van der Waals surface area contributed by atoms with Crippen molar-refractivity contribution in [1.29, 1.82) is 0 Å². The van der Waals surface area contributed by atoms with Gasteiger partial charge in [-0.1, -0.05) is 6.42 Å². The zero-order valence-electron chi connectivity index (χ0n) is 5.77. The largest absolute Gasteiger partial charge is 0.161 e. The fourth-order valence-electron chi connectivity index (χ4n) is 0.907. The molecular weight excluding hydrogens is 148 g/mol. The van der Waals surface area contributed by atoms with E-state index in [1.165, 1.54) is 42.3 Å². The van der Waals surface area contributed by atoms with Gasteiger partial charge in [-0.2, -0.15) is 23.5 Å². The number of thioether (sulfide) groups is 2. The molecule has 0 saturated carbocycles. The fraction of sp³-hybridized carbons (Fsp3) is 1.00. The van der Waals surface area contributed by atoms with E-state index in [4.69, 9.17) is 0 Å². The highest BCUT2D eigenvalue weighted by Gasteiger charge is 1.95. The van der Waals surface area contributed by atoms with Gasteiger partial charge < -0.3 is 0 Å². The molecule has 0 aromatic carbocycles. The normalized spacial score (nSPS) is 24.0. The molecule has 0 unspecified atom stereocenters. The first kappa shape index (κ1) is 7.80. The molecule has 1 rings (SSSR count). The van der Waals surface area contributed by atoms with Gasteiger partial charge in [0.05, 0.1) is 0 Å². The molecule has 0 atom stereocenters. The van der Waals surface area contributed by atoms with Crippen molar-refractivity contribution in [3.05, 3.63) is 0 Å². The molecule has 1 aliphatic heterocycles. The van der Waals surface area contributed by atoms with Crippen LogP contribution in [-0.2, 0) is 0 Å². The van der Waals surface area contributed by atoms with Crippen molar-refractivity contribution in [2.45, 2.75) is 19.3 Å². The summed E-state index contributed by atoms with van der Waals surface area (Å²) in [6.45, 7) is 0. The van der Waals surface area contributed by atoms with Crippen molar-refractivity contribution in [1.82, 2.24) is 0 Å². The highest BCUT2D eigenvalue weighted by Crippen LogP contribution is 2.15. The van der Waals surface area contributed by atoms with E-state index in [0.29, 0.717) is 0 Å². The maximum Gasteiger partial charge on any atom is 0.00235 e. The molecular formula is C7H14S2. The lowest BCUT2D eigenvalue weighted by molar-refractivity contribution is 0.787. The molecule has 0 nitrogen and oxygen atoms in total. The van der Waals surface area contributed by atoms with Gasteiger partial charge in [0.2, 0.25) is 0 Å². The van der Waals surface area contributed by atoms with Crippen LogP contribution in [0.25, 0.3) is 0 Å². The summed E-state index contributed by atoms with van der Waals surface area (Å²) in [4.78, 5) is 0. The highest BCUT2D eigenvalue weighted by atomic mass is 32.2. The van der Waals surface area contributed by atoms with Crippen LogP contribution in [-0.4, -0.2) is 23.0 Å². The third-order valence-corrected chi connectivity index (χ3v) is 3.85. The SMILES string of the molecule is C1CCSCCSCC1. The van der Waals surface area contributed by atoms with Gasteiger partial charge in [0.15, 0.2) is 0 Å². The second-order valence-corrected chi connectivity index (χ2v) is 4.73.